The monoisotopic (exact) mass is 271 g/mol. The third kappa shape index (κ3) is 4.61. The first-order valence-electron chi connectivity index (χ1n) is 3.49. The number of ether oxygens (including phenoxy) is 1. The van der Waals surface area contributed by atoms with Crippen LogP contribution in [0.2, 0.25) is 0 Å². The summed E-state index contributed by atoms with van der Waals surface area (Å²) in [4.78, 5) is 0. The molecule has 0 aliphatic heterocycles. The Morgan fingerprint density at radius 3 is 2.21 bits per heavy atom. The fourth-order valence-corrected chi connectivity index (χ4v) is 1.27. The molecule has 0 radical (unpaired) electrons. The van der Waals surface area contributed by atoms with Crippen molar-refractivity contribution in [1.82, 2.24) is 0 Å². The normalized spacial score (nSPS) is 8.07. The van der Waals surface area contributed by atoms with Crippen LogP contribution in [0.1, 0.15) is 5.69 Å². The smallest absolute Gasteiger partial charge is 0.857 e. The van der Waals surface area contributed by atoms with Crippen molar-refractivity contribution in [3.63, 3.8) is 0 Å². The molecule has 0 saturated heterocycles. The van der Waals surface area contributed by atoms with Gasteiger partial charge in [0, 0.05) is 28.9 Å². The quantitative estimate of drug-likeness (QED) is 0.243. The molecular weight excluding hydrogens is 261 g/mol. The van der Waals surface area contributed by atoms with Crippen LogP contribution in [-0.4, -0.2) is 14.2 Å². The zero-order valence-corrected chi connectivity index (χ0v) is 12.3. The summed E-state index contributed by atoms with van der Waals surface area (Å²) in [5, 5.41) is 19.3. The number of hydrogen-bond donors (Lipinski definition) is 0. The van der Waals surface area contributed by atoms with Crippen molar-refractivity contribution in [2.75, 3.05) is 14.2 Å². The predicted octanol–water partition coefficient (Wildman–Crippen LogP) is -2.62. The molecule has 0 bridgehead atoms. The Labute approximate surface area is 114 Å². The first kappa shape index (κ1) is 16.6. The summed E-state index contributed by atoms with van der Waals surface area (Å²) < 4.78 is 6.21. The van der Waals surface area contributed by atoms with E-state index in [9.17, 15) is 5.21 Å². The third-order valence-corrected chi connectivity index (χ3v) is 1.91. The molecular formula is C8H11BrNNaO3. The third-order valence-electron chi connectivity index (χ3n) is 1.36. The van der Waals surface area contributed by atoms with Gasteiger partial charge in [-0.15, -0.1) is 0 Å². The summed E-state index contributed by atoms with van der Waals surface area (Å²) in [6, 6.07) is 3.30. The van der Waals surface area contributed by atoms with Crippen molar-refractivity contribution in [1.29, 1.82) is 0 Å². The Morgan fingerprint density at radius 1 is 1.36 bits per heavy atom. The maximum Gasteiger partial charge on any atom is 1.00 e. The van der Waals surface area contributed by atoms with E-state index < -0.39 is 0 Å². The summed E-state index contributed by atoms with van der Waals surface area (Å²) in [6.45, 7) is 1.72. The van der Waals surface area contributed by atoms with E-state index in [-0.39, 0.29) is 29.6 Å². The van der Waals surface area contributed by atoms with Crippen molar-refractivity contribution in [3.05, 3.63) is 27.6 Å². The fourth-order valence-electron chi connectivity index (χ4n) is 0.769. The molecule has 0 aliphatic carbocycles. The Kier molecular flexibility index (Phi) is 10.1. The van der Waals surface area contributed by atoms with Crippen LogP contribution in [0.25, 0.3) is 0 Å². The maximum atomic E-state index is 11.1. The average Bonchev–Trinajstić information content (AvgIpc) is 2.16. The summed E-state index contributed by atoms with van der Waals surface area (Å²) in [6.07, 6.45) is 0. The number of rotatable bonds is 1. The molecule has 0 amide bonds. The van der Waals surface area contributed by atoms with E-state index >= 15 is 0 Å². The molecule has 1 heterocycles. The Morgan fingerprint density at radius 2 is 1.86 bits per heavy atom. The van der Waals surface area contributed by atoms with Gasteiger partial charge in [0.05, 0.1) is 13.2 Å². The molecule has 0 aliphatic rings. The van der Waals surface area contributed by atoms with Crippen LogP contribution in [0.5, 0.6) is 5.75 Å². The minimum Gasteiger partial charge on any atom is -0.857 e. The maximum absolute atomic E-state index is 11.1. The fraction of sp³-hybridized carbons (Fsp3) is 0.375. The largest absolute Gasteiger partial charge is 1.00 e. The van der Waals surface area contributed by atoms with E-state index in [1.54, 1.807) is 26.2 Å². The van der Waals surface area contributed by atoms with Gasteiger partial charge in [0.25, 0.3) is 4.60 Å². The molecule has 1 aromatic heterocycles. The van der Waals surface area contributed by atoms with Crippen molar-refractivity contribution >= 4 is 15.9 Å². The summed E-state index contributed by atoms with van der Waals surface area (Å²) in [5.74, 6) is 0.682. The van der Waals surface area contributed by atoms with Crippen molar-refractivity contribution < 1.29 is 44.1 Å². The standard InChI is InChI=1S/C7H8BrNO2.CH3O.Na/c1-5-3-6(11-2)4-7(8)9(5)10;1-2;/h3-4H,1-2H3;1H3;/q;-1;+1. The number of methoxy groups -OCH3 is 1. The van der Waals surface area contributed by atoms with Gasteiger partial charge < -0.3 is 15.1 Å². The second-order valence-corrected chi connectivity index (χ2v) is 2.97. The number of aromatic nitrogens is 1. The summed E-state index contributed by atoms with van der Waals surface area (Å²) >= 11 is 3.11. The second kappa shape index (κ2) is 8.49. The number of nitrogens with zero attached hydrogens (tertiary/aromatic N) is 1. The van der Waals surface area contributed by atoms with Gasteiger partial charge in [-0.05, 0) is 0 Å². The first-order chi connectivity index (χ1) is 6.15. The van der Waals surface area contributed by atoms with Gasteiger partial charge in [-0.1, -0.05) is 0 Å². The molecule has 0 fully saturated rings. The SMILES string of the molecule is COc1cc(C)[n+]([O-])c(Br)c1.C[O-].[Na+]. The van der Waals surface area contributed by atoms with Crippen molar-refractivity contribution in [2.45, 2.75) is 6.92 Å². The molecule has 74 valence electrons. The molecule has 14 heavy (non-hydrogen) atoms. The van der Waals surface area contributed by atoms with Gasteiger partial charge in [0.2, 0.25) is 0 Å². The van der Waals surface area contributed by atoms with Gasteiger partial charge in [-0.3, -0.25) is 0 Å². The molecule has 1 aromatic rings. The number of aryl methyl sites for hydroxylation is 1. The molecule has 0 saturated carbocycles. The predicted molar refractivity (Wildman–Crippen MR) is 50.3 cm³/mol. The topological polar surface area (TPSA) is 59.2 Å². The van der Waals surface area contributed by atoms with E-state index in [0.717, 1.165) is 11.8 Å². The Hall–Kier alpha value is 0.190. The Balaban J connectivity index is 0. The van der Waals surface area contributed by atoms with E-state index in [1.807, 2.05) is 0 Å². The first-order valence-corrected chi connectivity index (χ1v) is 4.29. The van der Waals surface area contributed by atoms with Crippen molar-refractivity contribution in [2.24, 2.45) is 0 Å². The zero-order valence-electron chi connectivity index (χ0n) is 8.70. The van der Waals surface area contributed by atoms with Gasteiger partial charge in [-0.25, -0.2) is 0 Å². The second-order valence-electron chi connectivity index (χ2n) is 2.15. The van der Waals surface area contributed by atoms with Crippen LogP contribution in [-0.2, 0) is 0 Å². The van der Waals surface area contributed by atoms with Gasteiger partial charge >= 0.3 is 29.6 Å². The van der Waals surface area contributed by atoms with Crippen molar-refractivity contribution in [3.8, 4) is 5.75 Å². The molecule has 0 aromatic carbocycles. The van der Waals surface area contributed by atoms with E-state index in [1.165, 1.54) is 0 Å². The van der Waals surface area contributed by atoms with Crippen LogP contribution in [0.3, 0.4) is 0 Å². The Bertz CT molecular complexity index is 260. The molecule has 0 unspecified atom stereocenters. The molecule has 1 rings (SSSR count). The molecule has 0 atom stereocenters. The number of halogens is 1. The van der Waals surface area contributed by atoms with Crippen LogP contribution in [0.4, 0.5) is 0 Å². The molecule has 6 heteroatoms. The molecule has 0 spiro atoms. The minimum atomic E-state index is 0. The van der Waals surface area contributed by atoms with Crippen LogP contribution >= 0.6 is 15.9 Å². The molecule has 4 nitrogen and oxygen atoms in total. The van der Waals surface area contributed by atoms with E-state index in [2.05, 4.69) is 15.9 Å². The van der Waals surface area contributed by atoms with Crippen LogP contribution in [0.15, 0.2) is 16.7 Å². The van der Waals surface area contributed by atoms with E-state index in [0.29, 0.717) is 16.0 Å². The van der Waals surface area contributed by atoms with E-state index in [4.69, 9.17) is 9.84 Å². The summed E-state index contributed by atoms with van der Waals surface area (Å²) in [7, 11) is 2.32. The van der Waals surface area contributed by atoms with Gasteiger partial charge in [-0.2, -0.15) is 11.8 Å². The zero-order chi connectivity index (χ0) is 10.4. The number of pyridine rings is 1. The van der Waals surface area contributed by atoms with Crippen LogP contribution in [0, 0.1) is 12.1 Å². The minimum absolute atomic E-state index is 0. The molecule has 0 N–H and O–H groups in total. The van der Waals surface area contributed by atoms with Gasteiger partial charge in [0.15, 0.2) is 5.69 Å². The summed E-state index contributed by atoms with van der Waals surface area (Å²) in [5.41, 5.74) is 0.608. The number of hydrogen-bond acceptors (Lipinski definition) is 3. The van der Waals surface area contributed by atoms with Gasteiger partial charge in [0.1, 0.15) is 5.75 Å². The van der Waals surface area contributed by atoms with Crippen LogP contribution < -0.4 is 44.1 Å². The average molecular weight is 272 g/mol.